The summed E-state index contributed by atoms with van der Waals surface area (Å²) in [7, 11) is 0. The highest BCUT2D eigenvalue weighted by atomic mass is 16.6. The second kappa shape index (κ2) is 8.92. The molecule has 1 aromatic carbocycles. The average Bonchev–Trinajstić information content (AvgIpc) is 2.46. The molecule has 0 radical (unpaired) electrons. The third-order valence-electron chi connectivity index (χ3n) is 2.70. The molecule has 0 saturated carbocycles. The van der Waals surface area contributed by atoms with Crippen LogP contribution in [-0.4, -0.2) is 38.7 Å². The van der Waals surface area contributed by atoms with Crippen molar-refractivity contribution in [1.82, 2.24) is 0 Å². The molecule has 0 aliphatic heterocycles. The number of carbonyl (C=O) groups excluding carboxylic acids is 2. The first-order valence-corrected chi connectivity index (χ1v) is 6.64. The Balaban J connectivity index is 2.20. The standard InChI is InChI=1S/C16H20O5/c1-12(2)16(18)21-10-8-19-7-9-20-15-6-4-5-13(3)14(15)11-17/h4-6,11H,1,7-10H2,2-3H3. The molecule has 0 N–H and O–H groups in total. The van der Waals surface area contributed by atoms with Gasteiger partial charge in [0.1, 0.15) is 19.0 Å². The number of aldehydes is 1. The van der Waals surface area contributed by atoms with Gasteiger partial charge in [0.2, 0.25) is 0 Å². The SMILES string of the molecule is C=C(C)C(=O)OCCOCCOc1cccc(C)c1C=O. The number of carbonyl (C=O) groups is 2. The lowest BCUT2D eigenvalue weighted by Gasteiger charge is -2.10. The molecule has 5 nitrogen and oxygen atoms in total. The fourth-order valence-electron chi connectivity index (χ4n) is 1.56. The molecule has 0 fully saturated rings. The van der Waals surface area contributed by atoms with Crippen molar-refractivity contribution in [3.8, 4) is 5.75 Å². The summed E-state index contributed by atoms with van der Waals surface area (Å²) in [5.41, 5.74) is 1.78. The number of benzene rings is 1. The Morgan fingerprint density at radius 3 is 2.62 bits per heavy atom. The normalized spacial score (nSPS) is 10.0. The van der Waals surface area contributed by atoms with E-state index in [0.717, 1.165) is 11.8 Å². The molecule has 0 aliphatic rings. The Kier molecular flexibility index (Phi) is 7.18. The van der Waals surface area contributed by atoms with Crippen LogP contribution in [0.3, 0.4) is 0 Å². The van der Waals surface area contributed by atoms with Gasteiger partial charge in [-0.05, 0) is 25.5 Å². The minimum Gasteiger partial charge on any atom is -0.490 e. The van der Waals surface area contributed by atoms with E-state index in [2.05, 4.69) is 6.58 Å². The van der Waals surface area contributed by atoms with Crippen LogP contribution < -0.4 is 4.74 Å². The van der Waals surface area contributed by atoms with Gasteiger partial charge >= 0.3 is 5.97 Å². The molecule has 0 spiro atoms. The lowest BCUT2D eigenvalue weighted by molar-refractivity contribution is -0.140. The maximum Gasteiger partial charge on any atom is 0.333 e. The Labute approximate surface area is 124 Å². The second-order valence-electron chi connectivity index (χ2n) is 4.48. The first-order valence-electron chi connectivity index (χ1n) is 6.64. The Bertz CT molecular complexity index is 507. The van der Waals surface area contributed by atoms with Crippen LogP contribution >= 0.6 is 0 Å². The minimum atomic E-state index is -0.426. The smallest absolute Gasteiger partial charge is 0.333 e. The lowest BCUT2D eigenvalue weighted by atomic mass is 10.1. The Hall–Kier alpha value is -2.14. The molecule has 1 rings (SSSR count). The van der Waals surface area contributed by atoms with E-state index in [1.807, 2.05) is 19.1 Å². The van der Waals surface area contributed by atoms with E-state index in [1.165, 1.54) is 0 Å². The van der Waals surface area contributed by atoms with Gasteiger partial charge < -0.3 is 14.2 Å². The van der Waals surface area contributed by atoms with E-state index in [-0.39, 0.29) is 13.2 Å². The average molecular weight is 292 g/mol. The number of hydrogen-bond acceptors (Lipinski definition) is 5. The van der Waals surface area contributed by atoms with Gasteiger partial charge in [0.15, 0.2) is 6.29 Å². The molecule has 21 heavy (non-hydrogen) atoms. The fourth-order valence-corrected chi connectivity index (χ4v) is 1.56. The highest BCUT2D eigenvalue weighted by Crippen LogP contribution is 2.19. The van der Waals surface area contributed by atoms with E-state index >= 15 is 0 Å². The van der Waals surface area contributed by atoms with Gasteiger partial charge in [-0.2, -0.15) is 0 Å². The Morgan fingerprint density at radius 1 is 1.24 bits per heavy atom. The van der Waals surface area contributed by atoms with Crippen LogP contribution in [0.1, 0.15) is 22.8 Å². The van der Waals surface area contributed by atoms with E-state index in [0.29, 0.717) is 30.1 Å². The van der Waals surface area contributed by atoms with Gasteiger partial charge in [0.05, 0.1) is 18.8 Å². The lowest BCUT2D eigenvalue weighted by Crippen LogP contribution is -2.14. The first kappa shape index (κ1) is 16.9. The van der Waals surface area contributed by atoms with Crippen molar-refractivity contribution in [3.63, 3.8) is 0 Å². The van der Waals surface area contributed by atoms with Gasteiger partial charge in [0.25, 0.3) is 0 Å². The highest BCUT2D eigenvalue weighted by molar-refractivity contribution is 5.86. The second-order valence-corrected chi connectivity index (χ2v) is 4.48. The summed E-state index contributed by atoms with van der Waals surface area (Å²) in [6.45, 7) is 8.04. The van der Waals surface area contributed by atoms with Crippen LogP contribution in [0, 0.1) is 6.92 Å². The number of hydrogen-bond donors (Lipinski definition) is 0. The quantitative estimate of drug-likeness (QED) is 0.302. The van der Waals surface area contributed by atoms with Crippen LogP contribution in [0.5, 0.6) is 5.75 Å². The zero-order chi connectivity index (χ0) is 15.7. The van der Waals surface area contributed by atoms with Gasteiger partial charge in [-0.15, -0.1) is 0 Å². The van der Waals surface area contributed by atoms with Crippen LogP contribution in [0.4, 0.5) is 0 Å². The van der Waals surface area contributed by atoms with Crippen molar-refractivity contribution in [2.45, 2.75) is 13.8 Å². The summed E-state index contributed by atoms with van der Waals surface area (Å²) in [5, 5.41) is 0. The first-order chi connectivity index (χ1) is 10.1. The van der Waals surface area contributed by atoms with E-state index < -0.39 is 5.97 Å². The van der Waals surface area contributed by atoms with E-state index in [1.54, 1.807) is 13.0 Å². The summed E-state index contributed by atoms with van der Waals surface area (Å²) >= 11 is 0. The molecule has 0 aliphatic carbocycles. The predicted molar refractivity (Wildman–Crippen MR) is 78.7 cm³/mol. The number of ether oxygens (including phenoxy) is 3. The zero-order valence-electron chi connectivity index (χ0n) is 12.4. The van der Waals surface area contributed by atoms with Crippen molar-refractivity contribution in [2.24, 2.45) is 0 Å². The van der Waals surface area contributed by atoms with Gasteiger partial charge in [-0.1, -0.05) is 18.7 Å². The van der Waals surface area contributed by atoms with Gasteiger partial charge in [-0.25, -0.2) is 4.79 Å². The molecule has 0 heterocycles. The summed E-state index contributed by atoms with van der Waals surface area (Å²) in [4.78, 5) is 22.1. The number of aryl methyl sites for hydroxylation is 1. The summed E-state index contributed by atoms with van der Waals surface area (Å²) in [6, 6.07) is 5.42. The topological polar surface area (TPSA) is 61.8 Å². The maximum atomic E-state index is 11.1. The van der Waals surface area contributed by atoms with Crippen molar-refractivity contribution in [2.75, 3.05) is 26.4 Å². The summed E-state index contributed by atoms with van der Waals surface area (Å²) < 4.78 is 15.6. The molecular weight excluding hydrogens is 272 g/mol. The molecule has 1 aromatic rings. The predicted octanol–water partition coefficient (Wildman–Crippen LogP) is 2.32. The molecule has 0 aromatic heterocycles. The van der Waals surface area contributed by atoms with Crippen molar-refractivity contribution < 1.29 is 23.8 Å². The van der Waals surface area contributed by atoms with E-state index in [4.69, 9.17) is 14.2 Å². The van der Waals surface area contributed by atoms with E-state index in [9.17, 15) is 9.59 Å². The minimum absolute atomic E-state index is 0.176. The summed E-state index contributed by atoms with van der Waals surface area (Å²) in [5.74, 6) is 0.118. The number of esters is 1. The van der Waals surface area contributed by atoms with Crippen LogP contribution in [0.2, 0.25) is 0 Å². The largest absolute Gasteiger partial charge is 0.490 e. The van der Waals surface area contributed by atoms with Gasteiger partial charge in [0, 0.05) is 5.57 Å². The Morgan fingerprint density at radius 2 is 1.95 bits per heavy atom. The molecular formula is C16H20O5. The fraction of sp³-hybridized carbons (Fsp3) is 0.375. The van der Waals surface area contributed by atoms with Crippen LogP contribution in [0.25, 0.3) is 0 Å². The monoisotopic (exact) mass is 292 g/mol. The van der Waals surface area contributed by atoms with Crippen LogP contribution in [-0.2, 0) is 14.3 Å². The van der Waals surface area contributed by atoms with Crippen molar-refractivity contribution in [3.05, 3.63) is 41.5 Å². The molecule has 114 valence electrons. The molecule has 5 heteroatoms. The number of rotatable bonds is 9. The maximum absolute atomic E-state index is 11.1. The zero-order valence-corrected chi connectivity index (χ0v) is 12.4. The molecule has 0 saturated heterocycles. The molecule has 0 bridgehead atoms. The highest BCUT2D eigenvalue weighted by Gasteiger charge is 2.05. The van der Waals surface area contributed by atoms with Crippen molar-refractivity contribution >= 4 is 12.3 Å². The van der Waals surface area contributed by atoms with Gasteiger partial charge in [-0.3, -0.25) is 4.79 Å². The third kappa shape index (κ3) is 5.79. The molecule has 0 atom stereocenters. The van der Waals surface area contributed by atoms with Crippen molar-refractivity contribution in [1.29, 1.82) is 0 Å². The third-order valence-corrected chi connectivity index (χ3v) is 2.70. The summed E-state index contributed by atoms with van der Waals surface area (Å²) in [6.07, 6.45) is 0.780. The molecule has 0 amide bonds. The molecule has 0 unspecified atom stereocenters. The van der Waals surface area contributed by atoms with Crippen LogP contribution in [0.15, 0.2) is 30.4 Å².